The smallest absolute Gasteiger partial charge is 0.0348 e. The fourth-order valence-corrected chi connectivity index (χ4v) is 2.56. The molecule has 0 atom stereocenters. The molecule has 0 nitrogen and oxygen atoms in total. The van der Waals surface area contributed by atoms with Gasteiger partial charge >= 0.3 is 0 Å². The molecule has 0 aliphatic heterocycles. The maximum Gasteiger partial charge on any atom is -0.0348 e. The molecule has 0 amide bonds. The lowest BCUT2D eigenvalue weighted by Crippen LogP contribution is -1.78. The lowest BCUT2D eigenvalue weighted by atomic mass is 10.1. The average Bonchev–Trinajstić information content (AvgIpc) is 2.73. The zero-order valence-electron chi connectivity index (χ0n) is 17.7. The van der Waals surface area contributed by atoms with E-state index in [4.69, 9.17) is 0 Å². The lowest BCUT2D eigenvalue weighted by Gasteiger charge is -1.97. The first kappa shape index (κ1) is 24.2. The largest absolute Gasteiger partial charge is 0.0845 e. The van der Waals surface area contributed by atoms with Crippen molar-refractivity contribution >= 4 is 0 Å². The van der Waals surface area contributed by atoms with Gasteiger partial charge in [0.15, 0.2) is 0 Å². The second kappa shape index (κ2) is 21.4. The Balaban J connectivity index is 2.48. The Hall–Kier alpha value is -2.86. The average molecular weight is 385 g/mol. The molecule has 152 valence electrons. The van der Waals surface area contributed by atoms with Crippen LogP contribution in [0.4, 0.5) is 0 Å². The molecule has 1 aliphatic rings. The van der Waals surface area contributed by atoms with Gasteiger partial charge in [-0.25, -0.2) is 0 Å². The predicted octanol–water partition coefficient (Wildman–Crippen LogP) is 8.85. The van der Waals surface area contributed by atoms with Gasteiger partial charge in [0.1, 0.15) is 0 Å². The molecule has 0 heteroatoms. The van der Waals surface area contributed by atoms with E-state index in [1.807, 2.05) is 72.9 Å². The van der Waals surface area contributed by atoms with Crippen molar-refractivity contribution in [2.24, 2.45) is 0 Å². The highest BCUT2D eigenvalue weighted by molar-refractivity contribution is 5.22. The SMILES string of the molecule is C1=CC=CC=CC=CC=CC=CCCCCCCCC=CC=CC=CC=CC=C1. The highest BCUT2D eigenvalue weighted by Crippen LogP contribution is 2.08. The zero-order chi connectivity index (χ0) is 20.5. The summed E-state index contributed by atoms with van der Waals surface area (Å²) in [5.74, 6) is 0. The Labute approximate surface area is 178 Å². The number of rotatable bonds is 0. The van der Waals surface area contributed by atoms with Crippen LogP contribution in [0.2, 0.25) is 0 Å². The number of hydrogen-bond donors (Lipinski definition) is 0. The highest BCUT2D eigenvalue weighted by atomic mass is 13.9. The van der Waals surface area contributed by atoms with Crippen LogP contribution in [0.3, 0.4) is 0 Å². The minimum absolute atomic E-state index is 1.18. The number of allylic oxidation sites excluding steroid dienone is 22. The van der Waals surface area contributed by atoms with Crippen molar-refractivity contribution in [3.63, 3.8) is 0 Å². The molecule has 1 aliphatic carbocycles. The molecule has 0 bridgehead atoms. The molecule has 0 saturated carbocycles. The molecule has 0 aromatic rings. The second-order valence-corrected chi connectivity index (χ2v) is 6.67. The molecule has 29 heavy (non-hydrogen) atoms. The van der Waals surface area contributed by atoms with Crippen molar-refractivity contribution in [3.8, 4) is 0 Å². The van der Waals surface area contributed by atoms with E-state index in [0.717, 1.165) is 0 Å². The molecule has 0 heterocycles. The maximum absolute atomic E-state index is 2.26. The summed E-state index contributed by atoms with van der Waals surface area (Å²) in [5, 5.41) is 0. The van der Waals surface area contributed by atoms with Crippen molar-refractivity contribution < 1.29 is 0 Å². The van der Waals surface area contributed by atoms with E-state index in [9.17, 15) is 0 Å². The third-order valence-corrected chi connectivity index (χ3v) is 4.12. The predicted molar refractivity (Wildman–Crippen MR) is 133 cm³/mol. The first-order valence-corrected chi connectivity index (χ1v) is 10.8. The van der Waals surface area contributed by atoms with E-state index in [2.05, 4.69) is 60.8 Å². The molecule has 0 N–H and O–H groups in total. The summed E-state index contributed by atoms with van der Waals surface area (Å²) in [5.41, 5.74) is 0. The molecule has 0 aromatic heterocycles. The van der Waals surface area contributed by atoms with Crippen LogP contribution in [0, 0.1) is 0 Å². The highest BCUT2D eigenvalue weighted by Gasteiger charge is 1.88. The summed E-state index contributed by atoms with van der Waals surface area (Å²) in [7, 11) is 0. The van der Waals surface area contributed by atoms with E-state index in [1.54, 1.807) is 0 Å². The van der Waals surface area contributed by atoms with Crippen LogP contribution in [0.5, 0.6) is 0 Å². The van der Waals surface area contributed by atoms with Crippen LogP contribution in [-0.4, -0.2) is 0 Å². The normalized spacial score (nSPS) is 17.9. The fraction of sp³-hybridized carbons (Fsp3) is 0.241. The summed E-state index contributed by atoms with van der Waals surface area (Å²) in [6.07, 6.45) is 54.5. The van der Waals surface area contributed by atoms with Crippen LogP contribution < -0.4 is 0 Å². The Morgan fingerprint density at radius 2 is 0.414 bits per heavy atom. The molecule has 0 radical (unpaired) electrons. The summed E-state index contributed by atoms with van der Waals surface area (Å²) in [6, 6.07) is 0. The van der Waals surface area contributed by atoms with E-state index in [1.165, 1.54) is 44.9 Å². The van der Waals surface area contributed by atoms with E-state index >= 15 is 0 Å². The van der Waals surface area contributed by atoms with Gasteiger partial charge in [-0.05, 0) is 25.7 Å². The molecule has 1 rings (SSSR count). The molecule has 0 aromatic carbocycles. The van der Waals surface area contributed by atoms with Crippen LogP contribution >= 0.6 is 0 Å². The quantitative estimate of drug-likeness (QED) is 0.391. The van der Waals surface area contributed by atoms with Crippen molar-refractivity contribution in [1.29, 1.82) is 0 Å². The molecule has 0 saturated heterocycles. The van der Waals surface area contributed by atoms with Gasteiger partial charge in [0.25, 0.3) is 0 Å². The molecule has 0 unspecified atom stereocenters. The van der Waals surface area contributed by atoms with Gasteiger partial charge in [0.05, 0.1) is 0 Å². The summed E-state index contributed by atoms with van der Waals surface area (Å²) in [4.78, 5) is 0. The van der Waals surface area contributed by atoms with Crippen molar-refractivity contribution in [1.82, 2.24) is 0 Å². The first-order valence-electron chi connectivity index (χ1n) is 10.8. The van der Waals surface area contributed by atoms with Crippen LogP contribution in [0.1, 0.15) is 44.9 Å². The van der Waals surface area contributed by atoms with Gasteiger partial charge in [-0.1, -0.05) is 153 Å². The third kappa shape index (κ3) is 19.7. The number of hydrogen-bond acceptors (Lipinski definition) is 0. The van der Waals surface area contributed by atoms with Crippen LogP contribution in [-0.2, 0) is 0 Å². The minimum atomic E-state index is 1.18. The van der Waals surface area contributed by atoms with Gasteiger partial charge in [-0.2, -0.15) is 0 Å². The summed E-state index contributed by atoms with van der Waals surface area (Å²) >= 11 is 0. The molecular formula is C29H36. The maximum atomic E-state index is 2.26. The van der Waals surface area contributed by atoms with Crippen molar-refractivity contribution in [3.05, 3.63) is 134 Å². The summed E-state index contributed by atoms with van der Waals surface area (Å²) < 4.78 is 0. The van der Waals surface area contributed by atoms with Crippen LogP contribution in [0.15, 0.2) is 134 Å². The van der Waals surface area contributed by atoms with E-state index in [-0.39, 0.29) is 0 Å². The third-order valence-electron chi connectivity index (χ3n) is 4.12. The minimum Gasteiger partial charge on any atom is -0.0845 e. The monoisotopic (exact) mass is 384 g/mol. The van der Waals surface area contributed by atoms with Gasteiger partial charge in [-0.15, -0.1) is 0 Å². The molecule has 0 spiro atoms. The Morgan fingerprint density at radius 3 is 0.690 bits per heavy atom. The standard InChI is InChI=1S/C29H36/c1-2-4-6-8-10-12-14-16-18-20-22-24-26-28-29-27-25-23-21-19-17-15-13-11-9-7-5-3-1/h1-22H,23-29H2. The lowest BCUT2D eigenvalue weighted by molar-refractivity contribution is 0.622. The van der Waals surface area contributed by atoms with Crippen molar-refractivity contribution in [2.45, 2.75) is 44.9 Å². The first-order chi connectivity index (χ1) is 14.5. The van der Waals surface area contributed by atoms with E-state index in [0.29, 0.717) is 0 Å². The second-order valence-electron chi connectivity index (χ2n) is 6.67. The molecule has 0 fully saturated rings. The van der Waals surface area contributed by atoms with Crippen LogP contribution in [0.25, 0.3) is 0 Å². The summed E-state index contributed by atoms with van der Waals surface area (Å²) in [6.45, 7) is 0. The molecular weight excluding hydrogens is 348 g/mol. The van der Waals surface area contributed by atoms with Gasteiger partial charge in [0, 0.05) is 0 Å². The zero-order valence-corrected chi connectivity index (χ0v) is 17.7. The van der Waals surface area contributed by atoms with Crippen molar-refractivity contribution in [2.75, 3.05) is 0 Å². The topological polar surface area (TPSA) is 0 Å². The Bertz CT molecular complexity index is 634. The van der Waals surface area contributed by atoms with Gasteiger partial charge in [0.2, 0.25) is 0 Å². The Morgan fingerprint density at radius 1 is 0.207 bits per heavy atom. The van der Waals surface area contributed by atoms with Gasteiger partial charge < -0.3 is 0 Å². The van der Waals surface area contributed by atoms with Gasteiger partial charge in [-0.3, -0.25) is 0 Å². The Kier molecular flexibility index (Phi) is 17.9. The fourth-order valence-electron chi connectivity index (χ4n) is 2.56. The van der Waals surface area contributed by atoms with E-state index < -0.39 is 0 Å².